The molecular formula is C14H19FN2. The summed E-state index contributed by atoms with van der Waals surface area (Å²) in [6.07, 6.45) is 1.07. The number of halogens is 1. The van der Waals surface area contributed by atoms with E-state index in [2.05, 4.69) is 26.1 Å². The number of hydrogen-bond acceptors (Lipinski definition) is 2. The molecule has 0 spiro atoms. The van der Waals surface area contributed by atoms with Crippen LogP contribution in [0.4, 0.5) is 4.39 Å². The minimum atomic E-state index is -0.259. The first-order valence-electron chi connectivity index (χ1n) is 5.88. The molecule has 2 nitrogen and oxygen atoms in total. The van der Waals surface area contributed by atoms with Gasteiger partial charge in [0, 0.05) is 18.7 Å². The van der Waals surface area contributed by atoms with Gasteiger partial charge in [-0.3, -0.25) is 0 Å². The summed E-state index contributed by atoms with van der Waals surface area (Å²) in [6.45, 7) is 7.77. The molecule has 0 radical (unpaired) electrons. The van der Waals surface area contributed by atoms with Gasteiger partial charge in [-0.15, -0.1) is 0 Å². The summed E-state index contributed by atoms with van der Waals surface area (Å²) in [6, 6.07) is 6.46. The highest BCUT2D eigenvalue weighted by molar-refractivity contribution is 5.33. The highest BCUT2D eigenvalue weighted by Crippen LogP contribution is 2.18. The fraction of sp³-hybridized carbons (Fsp3) is 0.500. The van der Waals surface area contributed by atoms with Crippen molar-refractivity contribution in [1.82, 2.24) is 5.32 Å². The standard InChI is InChI=1S/C14H19FN2/c1-4-14(2,3)10-17-9-12-7-11(8-16)5-6-13(12)15/h5-7,17H,4,9-10H2,1-3H3. The minimum Gasteiger partial charge on any atom is -0.312 e. The molecule has 0 unspecified atom stereocenters. The number of nitrogens with zero attached hydrogens (tertiary/aromatic N) is 1. The second-order valence-corrected chi connectivity index (χ2v) is 5.04. The average Bonchev–Trinajstić information content (AvgIpc) is 2.31. The van der Waals surface area contributed by atoms with Gasteiger partial charge in [0.05, 0.1) is 11.6 Å². The number of rotatable bonds is 5. The van der Waals surface area contributed by atoms with Crippen molar-refractivity contribution < 1.29 is 4.39 Å². The van der Waals surface area contributed by atoms with Crippen molar-refractivity contribution in [3.05, 3.63) is 35.1 Å². The summed E-state index contributed by atoms with van der Waals surface area (Å²) < 4.78 is 13.5. The van der Waals surface area contributed by atoms with E-state index in [1.165, 1.54) is 12.1 Å². The summed E-state index contributed by atoms with van der Waals surface area (Å²) in [5, 5.41) is 12.0. The Labute approximate surface area is 102 Å². The van der Waals surface area contributed by atoms with Crippen molar-refractivity contribution in [2.45, 2.75) is 33.7 Å². The quantitative estimate of drug-likeness (QED) is 0.849. The monoisotopic (exact) mass is 234 g/mol. The Kier molecular flexibility index (Phi) is 4.65. The van der Waals surface area contributed by atoms with E-state index in [1.807, 2.05) is 6.07 Å². The molecule has 1 N–H and O–H groups in total. The predicted octanol–water partition coefficient (Wildman–Crippen LogP) is 3.22. The summed E-state index contributed by atoms with van der Waals surface area (Å²) in [5.41, 5.74) is 1.26. The van der Waals surface area contributed by atoms with Crippen LogP contribution in [0.2, 0.25) is 0 Å². The third-order valence-electron chi connectivity index (χ3n) is 3.05. The molecule has 0 aromatic heterocycles. The summed E-state index contributed by atoms with van der Waals surface area (Å²) in [4.78, 5) is 0. The van der Waals surface area contributed by atoms with E-state index in [-0.39, 0.29) is 11.2 Å². The van der Waals surface area contributed by atoms with Crippen molar-refractivity contribution in [1.29, 1.82) is 5.26 Å². The zero-order chi connectivity index (χ0) is 12.9. The van der Waals surface area contributed by atoms with Crippen LogP contribution in [-0.2, 0) is 6.54 Å². The van der Waals surface area contributed by atoms with Crippen LogP contribution in [0.1, 0.15) is 38.3 Å². The molecule has 0 atom stereocenters. The van der Waals surface area contributed by atoms with Crippen molar-refractivity contribution in [3.63, 3.8) is 0 Å². The smallest absolute Gasteiger partial charge is 0.127 e. The van der Waals surface area contributed by atoms with Gasteiger partial charge < -0.3 is 5.32 Å². The largest absolute Gasteiger partial charge is 0.312 e. The molecule has 0 saturated carbocycles. The average molecular weight is 234 g/mol. The van der Waals surface area contributed by atoms with Gasteiger partial charge in [0.2, 0.25) is 0 Å². The Hall–Kier alpha value is -1.40. The van der Waals surface area contributed by atoms with Crippen LogP contribution in [0, 0.1) is 22.6 Å². The van der Waals surface area contributed by atoms with Gasteiger partial charge in [-0.1, -0.05) is 20.8 Å². The molecule has 0 heterocycles. The lowest BCUT2D eigenvalue weighted by Crippen LogP contribution is -2.28. The molecule has 0 amide bonds. The van der Waals surface area contributed by atoms with E-state index in [9.17, 15) is 4.39 Å². The molecule has 1 aromatic rings. The van der Waals surface area contributed by atoms with E-state index < -0.39 is 0 Å². The molecule has 17 heavy (non-hydrogen) atoms. The lowest BCUT2D eigenvalue weighted by atomic mass is 9.90. The zero-order valence-corrected chi connectivity index (χ0v) is 10.7. The second-order valence-electron chi connectivity index (χ2n) is 5.04. The normalized spacial score (nSPS) is 11.2. The Morgan fingerprint density at radius 3 is 2.71 bits per heavy atom. The number of nitrogens with one attached hydrogen (secondary N) is 1. The lowest BCUT2D eigenvalue weighted by Gasteiger charge is -2.23. The van der Waals surface area contributed by atoms with Crippen LogP contribution >= 0.6 is 0 Å². The van der Waals surface area contributed by atoms with Crippen molar-refractivity contribution in [3.8, 4) is 6.07 Å². The van der Waals surface area contributed by atoms with Crippen LogP contribution < -0.4 is 5.32 Å². The van der Waals surface area contributed by atoms with Crippen molar-refractivity contribution in [2.75, 3.05) is 6.54 Å². The third-order valence-corrected chi connectivity index (χ3v) is 3.05. The maximum absolute atomic E-state index is 13.5. The molecule has 3 heteroatoms. The molecule has 0 aliphatic heterocycles. The van der Waals surface area contributed by atoms with Gasteiger partial charge in [0.15, 0.2) is 0 Å². The van der Waals surface area contributed by atoms with Crippen LogP contribution in [0.25, 0.3) is 0 Å². The molecule has 1 rings (SSSR count). The highest BCUT2D eigenvalue weighted by atomic mass is 19.1. The maximum Gasteiger partial charge on any atom is 0.127 e. The van der Waals surface area contributed by atoms with Crippen molar-refractivity contribution in [2.24, 2.45) is 5.41 Å². The first-order chi connectivity index (χ1) is 7.98. The van der Waals surface area contributed by atoms with E-state index in [4.69, 9.17) is 5.26 Å². The van der Waals surface area contributed by atoms with E-state index in [0.717, 1.165) is 13.0 Å². The number of hydrogen-bond donors (Lipinski definition) is 1. The minimum absolute atomic E-state index is 0.212. The zero-order valence-electron chi connectivity index (χ0n) is 10.7. The lowest BCUT2D eigenvalue weighted by molar-refractivity contribution is 0.326. The van der Waals surface area contributed by atoms with Crippen LogP contribution in [0.5, 0.6) is 0 Å². The van der Waals surface area contributed by atoms with Gasteiger partial charge in [-0.2, -0.15) is 5.26 Å². The van der Waals surface area contributed by atoms with E-state index in [1.54, 1.807) is 6.07 Å². The van der Waals surface area contributed by atoms with Gasteiger partial charge in [-0.05, 0) is 30.0 Å². The van der Waals surface area contributed by atoms with Crippen LogP contribution in [-0.4, -0.2) is 6.54 Å². The SMILES string of the molecule is CCC(C)(C)CNCc1cc(C#N)ccc1F. The summed E-state index contributed by atoms with van der Waals surface area (Å²) in [5.74, 6) is -0.259. The molecule has 0 saturated heterocycles. The summed E-state index contributed by atoms with van der Waals surface area (Å²) >= 11 is 0. The van der Waals surface area contributed by atoms with Gasteiger partial charge in [0.1, 0.15) is 5.82 Å². The molecule has 0 aliphatic carbocycles. The van der Waals surface area contributed by atoms with Gasteiger partial charge in [0.25, 0.3) is 0 Å². The maximum atomic E-state index is 13.5. The molecule has 0 aliphatic rings. The first-order valence-corrected chi connectivity index (χ1v) is 5.88. The molecule has 1 aromatic carbocycles. The summed E-state index contributed by atoms with van der Waals surface area (Å²) in [7, 11) is 0. The number of nitriles is 1. The molecule has 92 valence electrons. The predicted molar refractivity (Wildman–Crippen MR) is 66.9 cm³/mol. The highest BCUT2D eigenvalue weighted by Gasteiger charge is 2.14. The fourth-order valence-corrected chi connectivity index (χ4v) is 1.44. The third kappa shape index (κ3) is 4.16. The Morgan fingerprint density at radius 2 is 2.12 bits per heavy atom. The first kappa shape index (κ1) is 13.7. The second kappa shape index (κ2) is 5.79. The number of benzene rings is 1. The van der Waals surface area contributed by atoms with E-state index in [0.29, 0.717) is 17.7 Å². The Morgan fingerprint density at radius 1 is 1.41 bits per heavy atom. The molecule has 0 bridgehead atoms. The van der Waals surface area contributed by atoms with Crippen LogP contribution in [0.15, 0.2) is 18.2 Å². The van der Waals surface area contributed by atoms with Gasteiger partial charge in [-0.25, -0.2) is 4.39 Å². The van der Waals surface area contributed by atoms with E-state index >= 15 is 0 Å². The topological polar surface area (TPSA) is 35.8 Å². The van der Waals surface area contributed by atoms with Crippen LogP contribution in [0.3, 0.4) is 0 Å². The Balaban J connectivity index is 2.61. The van der Waals surface area contributed by atoms with Gasteiger partial charge >= 0.3 is 0 Å². The van der Waals surface area contributed by atoms with Crippen molar-refractivity contribution >= 4 is 0 Å². The fourth-order valence-electron chi connectivity index (χ4n) is 1.44. The Bertz CT molecular complexity index is 419. The molecular weight excluding hydrogens is 215 g/mol. The molecule has 0 fully saturated rings.